The van der Waals surface area contributed by atoms with Crippen LogP contribution >= 0.6 is 15.9 Å². The number of hydrogen-bond acceptors (Lipinski definition) is 3. The Bertz CT molecular complexity index is 589. The lowest BCUT2D eigenvalue weighted by Gasteiger charge is -2.30. The summed E-state index contributed by atoms with van der Waals surface area (Å²) in [5, 5.41) is 24.3. The molecule has 2 N–H and O–H groups in total. The molecule has 0 atom stereocenters. The molecule has 0 radical (unpaired) electrons. The number of hydrogen-bond donors (Lipinski definition) is 2. The smallest absolute Gasteiger partial charge is 0.0596 e. The SMILES string of the molecule is CCn1nc(C)cc1CC(CO)(CO)c1ccc(Br)cc1. The fourth-order valence-corrected chi connectivity index (χ4v) is 2.88. The highest BCUT2D eigenvalue weighted by atomic mass is 79.9. The van der Waals surface area contributed by atoms with E-state index in [-0.39, 0.29) is 13.2 Å². The Morgan fingerprint density at radius 1 is 1.19 bits per heavy atom. The number of aromatic nitrogens is 2. The molecule has 0 aliphatic carbocycles. The Morgan fingerprint density at radius 2 is 1.81 bits per heavy atom. The van der Waals surface area contributed by atoms with Crippen molar-refractivity contribution in [3.63, 3.8) is 0 Å². The first kappa shape index (κ1) is 16.2. The second-order valence-corrected chi connectivity index (χ2v) is 6.29. The second kappa shape index (κ2) is 6.73. The van der Waals surface area contributed by atoms with Gasteiger partial charge in [-0.15, -0.1) is 0 Å². The third-order valence-electron chi connectivity index (χ3n) is 3.87. The molecule has 2 rings (SSSR count). The van der Waals surface area contributed by atoms with Gasteiger partial charge >= 0.3 is 0 Å². The van der Waals surface area contributed by atoms with E-state index in [0.29, 0.717) is 6.42 Å². The predicted molar refractivity (Wildman–Crippen MR) is 86.3 cm³/mol. The molecule has 21 heavy (non-hydrogen) atoms. The van der Waals surface area contributed by atoms with E-state index in [2.05, 4.69) is 21.0 Å². The molecule has 0 saturated carbocycles. The minimum atomic E-state index is -0.694. The second-order valence-electron chi connectivity index (χ2n) is 5.37. The van der Waals surface area contributed by atoms with Gasteiger partial charge in [0.2, 0.25) is 0 Å². The molecule has 0 spiro atoms. The summed E-state index contributed by atoms with van der Waals surface area (Å²) in [6.45, 7) is 4.54. The summed E-state index contributed by atoms with van der Waals surface area (Å²) in [7, 11) is 0. The van der Waals surface area contributed by atoms with Crippen molar-refractivity contribution < 1.29 is 10.2 Å². The first-order chi connectivity index (χ1) is 10.0. The van der Waals surface area contributed by atoms with E-state index in [0.717, 1.165) is 28.0 Å². The number of benzene rings is 1. The van der Waals surface area contributed by atoms with Crippen molar-refractivity contribution >= 4 is 15.9 Å². The summed E-state index contributed by atoms with van der Waals surface area (Å²) in [6, 6.07) is 9.75. The molecule has 0 unspecified atom stereocenters. The zero-order valence-corrected chi connectivity index (χ0v) is 14.0. The van der Waals surface area contributed by atoms with Crippen LogP contribution in [0.2, 0.25) is 0 Å². The Hall–Kier alpha value is -1.17. The van der Waals surface area contributed by atoms with Crippen LogP contribution in [0.5, 0.6) is 0 Å². The van der Waals surface area contributed by atoms with Crippen molar-refractivity contribution in [3.8, 4) is 0 Å². The van der Waals surface area contributed by atoms with Crippen LogP contribution in [0, 0.1) is 6.92 Å². The van der Waals surface area contributed by atoms with Gasteiger partial charge in [-0.25, -0.2) is 0 Å². The van der Waals surface area contributed by atoms with Crippen molar-refractivity contribution in [1.29, 1.82) is 0 Å². The van der Waals surface area contributed by atoms with Gasteiger partial charge in [-0.05, 0) is 37.6 Å². The molecule has 0 fully saturated rings. The predicted octanol–water partition coefficient (Wildman–Crippen LogP) is 2.44. The molecule has 5 heteroatoms. The third-order valence-corrected chi connectivity index (χ3v) is 4.40. The molecule has 0 amide bonds. The molecule has 2 aromatic rings. The summed E-state index contributed by atoms with van der Waals surface area (Å²) in [4.78, 5) is 0. The number of aliphatic hydroxyl groups is 2. The third kappa shape index (κ3) is 3.36. The van der Waals surface area contributed by atoms with Crippen LogP contribution in [0.1, 0.15) is 23.9 Å². The minimum absolute atomic E-state index is 0.112. The van der Waals surface area contributed by atoms with Crippen molar-refractivity contribution in [2.24, 2.45) is 0 Å². The van der Waals surface area contributed by atoms with Gasteiger partial charge in [-0.1, -0.05) is 28.1 Å². The summed E-state index contributed by atoms with van der Waals surface area (Å²) in [6.07, 6.45) is 0.552. The van der Waals surface area contributed by atoms with Crippen LogP contribution in [-0.2, 0) is 18.4 Å². The van der Waals surface area contributed by atoms with Crippen molar-refractivity contribution in [2.75, 3.05) is 13.2 Å². The zero-order valence-electron chi connectivity index (χ0n) is 12.4. The summed E-state index contributed by atoms with van der Waals surface area (Å²) in [5.41, 5.74) is 2.21. The average Bonchev–Trinajstić information content (AvgIpc) is 2.85. The van der Waals surface area contributed by atoms with Crippen LogP contribution in [-0.4, -0.2) is 33.2 Å². The van der Waals surface area contributed by atoms with Gasteiger partial charge in [0.1, 0.15) is 0 Å². The number of nitrogens with zero attached hydrogens (tertiary/aromatic N) is 2. The number of halogens is 1. The van der Waals surface area contributed by atoms with Gasteiger partial charge in [-0.3, -0.25) is 4.68 Å². The molecule has 4 nitrogen and oxygen atoms in total. The number of aliphatic hydroxyl groups excluding tert-OH is 2. The minimum Gasteiger partial charge on any atom is -0.395 e. The van der Waals surface area contributed by atoms with Crippen molar-refractivity contribution in [3.05, 3.63) is 51.8 Å². The normalized spacial score (nSPS) is 11.9. The molecular weight excluding hydrogens is 332 g/mol. The van der Waals surface area contributed by atoms with Crippen LogP contribution in [0.15, 0.2) is 34.8 Å². The molecule has 1 aromatic carbocycles. The van der Waals surface area contributed by atoms with E-state index in [9.17, 15) is 10.2 Å². The quantitative estimate of drug-likeness (QED) is 0.839. The summed E-state index contributed by atoms with van der Waals surface area (Å²) in [5.74, 6) is 0. The Morgan fingerprint density at radius 3 is 2.33 bits per heavy atom. The van der Waals surface area contributed by atoms with Crippen molar-refractivity contribution in [2.45, 2.75) is 32.2 Å². The standard InChI is InChI=1S/C16H21BrN2O2/c1-3-19-15(8-12(2)18-19)9-16(10-20,11-21)13-4-6-14(17)7-5-13/h4-8,20-21H,3,9-11H2,1-2H3. The van der Waals surface area contributed by atoms with E-state index < -0.39 is 5.41 Å². The van der Waals surface area contributed by atoms with E-state index in [1.165, 1.54) is 0 Å². The van der Waals surface area contributed by atoms with E-state index in [4.69, 9.17) is 0 Å². The van der Waals surface area contributed by atoms with Gasteiger partial charge < -0.3 is 10.2 Å². The molecular formula is C16H21BrN2O2. The van der Waals surface area contributed by atoms with Gasteiger partial charge in [0.25, 0.3) is 0 Å². The van der Waals surface area contributed by atoms with Gasteiger partial charge in [0.05, 0.1) is 18.9 Å². The molecule has 1 heterocycles. The number of aryl methyl sites for hydroxylation is 2. The number of rotatable bonds is 6. The Labute approximate surface area is 133 Å². The fourth-order valence-electron chi connectivity index (χ4n) is 2.61. The first-order valence-electron chi connectivity index (χ1n) is 7.05. The maximum absolute atomic E-state index is 9.93. The Balaban J connectivity index is 2.40. The van der Waals surface area contributed by atoms with Crippen LogP contribution in [0.3, 0.4) is 0 Å². The summed E-state index contributed by atoms with van der Waals surface area (Å²) >= 11 is 3.41. The largest absolute Gasteiger partial charge is 0.395 e. The highest BCUT2D eigenvalue weighted by molar-refractivity contribution is 9.10. The van der Waals surface area contributed by atoms with E-state index in [1.54, 1.807) is 0 Å². The topological polar surface area (TPSA) is 58.3 Å². The Kier molecular flexibility index (Phi) is 5.19. The molecule has 0 aliphatic rings. The molecule has 1 aromatic heterocycles. The van der Waals surface area contributed by atoms with Crippen LogP contribution in [0.25, 0.3) is 0 Å². The van der Waals surface area contributed by atoms with E-state index >= 15 is 0 Å². The van der Waals surface area contributed by atoms with Crippen LogP contribution in [0.4, 0.5) is 0 Å². The lowest BCUT2D eigenvalue weighted by atomic mass is 9.78. The fraction of sp³-hybridized carbons (Fsp3) is 0.438. The average molecular weight is 353 g/mol. The zero-order chi connectivity index (χ0) is 15.5. The van der Waals surface area contributed by atoms with E-state index in [1.807, 2.05) is 48.9 Å². The van der Waals surface area contributed by atoms with Gasteiger partial charge in [0, 0.05) is 28.5 Å². The molecule has 0 aliphatic heterocycles. The maximum Gasteiger partial charge on any atom is 0.0596 e. The van der Waals surface area contributed by atoms with Crippen molar-refractivity contribution in [1.82, 2.24) is 9.78 Å². The maximum atomic E-state index is 9.93. The lowest BCUT2D eigenvalue weighted by Crippen LogP contribution is -2.38. The van der Waals surface area contributed by atoms with Gasteiger partial charge in [-0.2, -0.15) is 5.10 Å². The van der Waals surface area contributed by atoms with Crippen LogP contribution < -0.4 is 0 Å². The highest BCUT2D eigenvalue weighted by Gasteiger charge is 2.32. The first-order valence-corrected chi connectivity index (χ1v) is 7.85. The molecule has 0 bridgehead atoms. The lowest BCUT2D eigenvalue weighted by molar-refractivity contribution is 0.114. The molecule has 0 saturated heterocycles. The van der Waals surface area contributed by atoms with Gasteiger partial charge in [0.15, 0.2) is 0 Å². The summed E-state index contributed by atoms with van der Waals surface area (Å²) < 4.78 is 2.90. The highest BCUT2D eigenvalue weighted by Crippen LogP contribution is 2.29. The monoisotopic (exact) mass is 352 g/mol. The molecule has 114 valence electrons.